The number of nitrogens with one attached hydrogen (secondary N) is 2. The second kappa shape index (κ2) is 9.34. The van der Waals surface area contributed by atoms with Gasteiger partial charge in [-0.05, 0) is 61.4 Å². The first-order chi connectivity index (χ1) is 14.3. The molecule has 4 heteroatoms. The van der Waals surface area contributed by atoms with E-state index in [1.807, 2.05) is 24.4 Å². The number of hydrogen-bond acceptors (Lipinski definition) is 2. The fraction of sp³-hybridized carbons (Fsp3) is 0.480. The van der Waals surface area contributed by atoms with E-state index < -0.39 is 0 Å². The molecule has 1 atom stereocenters. The van der Waals surface area contributed by atoms with Crippen molar-refractivity contribution in [2.45, 2.75) is 70.6 Å². The maximum Gasteiger partial charge on any atom is 0.146 e. The van der Waals surface area contributed by atoms with Crippen LogP contribution in [0.5, 0.6) is 0 Å². The smallest absolute Gasteiger partial charge is 0.146 e. The van der Waals surface area contributed by atoms with Gasteiger partial charge in [-0.2, -0.15) is 0 Å². The second-order valence-electron chi connectivity index (χ2n) is 8.27. The minimum atomic E-state index is 0.686. The molecule has 2 aliphatic rings. The highest BCUT2D eigenvalue weighted by molar-refractivity contribution is 6.11. The Kier molecular flexibility index (Phi) is 6.38. The summed E-state index contributed by atoms with van der Waals surface area (Å²) in [5.74, 6) is 1.50. The summed E-state index contributed by atoms with van der Waals surface area (Å²) in [5, 5.41) is 0. The van der Waals surface area contributed by atoms with Gasteiger partial charge in [-0.3, -0.25) is 0 Å². The summed E-state index contributed by atoms with van der Waals surface area (Å²) in [5.41, 5.74) is 6.94. The van der Waals surface area contributed by atoms with Crippen LogP contribution in [0.2, 0.25) is 0 Å². The molecule has 0 amide bonds. The number of nitrogens with zero attached hydrogens (tertiary/aromatic N) is 1. The Hall–Kier alpha value is -2.49. The first-order valence-corrected chi connectivity index (χ1v) is 11.2. The molecule has 1 aliphatic heterocycles. The summed E-state index contributed by atoms with van der Waals surface area (Å²) in [4.78, 5) is 11.8. The molecule has 1 aliphatic carbocycles. The van der Waals surface area contributed by atoms with Gasteiger partial charge in [-0.1, -0.05) is 39.0 Å². The topological polar surface area (TPSA) is 53.2 Å². The zero-order valence-corrected chi connectivity index (χ0v) is 17.8. The number of rotatable bonds is 6. The first-order valence-electron chi connectivity index (χ1n) is 11.2. The zero-order valence-electron chi connectivity index (χ0n) is 17.8. The van der Waals surface area contributed by atoms with Crippen LogP contribution in [0, 0.1) is 0 Å². The lowest BCUT2D eigenvalue weighted by Gasteiger charge is -2.16. The van der Waals surface area contributed by atoms with E-state index in [4.69, 9.17) is 9.73 Å². The molecule has 0 unspecified atom stereocenters. The van der Waals surface area contributed by atoms with Crippen molar-refractivity contribution in [2.75, 3.05) is 7.11 Å². The van der Waals surface area contributed by atoms with Gasteiger partial charge >= 0.3 is 0 Å². The number of ether oxygens (including phenoxy) is 1. The zero-order chi connectivity index (χ0) is 20.1. The number of aryl methyl sites for hydroxylation is 1. The highest BCUT2D eigenvalue weighted by Crippen LogP contribution is 2.34. The fourth-order valence-electron chi connectivity index (χ4n) is 4.59. The largest absolute Gasteiger partial charge is 0.494 e. The van der Waals surface area contributed by atoms with E-state index in [0.717, 1.165) is 35.0 Å². The van der Waals surface area contributed by atoms with Gasteiger partial charge in [0.25, 0.3) is 0 Å². The minimum absolute atomic E-state index is 0.686. The van der Waals surface area contributed by atoms with E-state index >= 15 is 0 Å². The monoisotopic (exact) mass is 391 g/mol. The van der Waals surface area contributed by atoms with Crippen LogP contribution < -0.4 is 0 Å². The van der Waals surface area contributed by atoms with Crippen LogP contribution in [0.25, 0.3) is 6.08 Å². The summed E-state index contributed by atoms with van der Waals surface area (Å²) in [7, 11) is 1.71. The summed E-state index contributed by atoms with van der Waals surface area (Å²) >= 11 is 0. The van der Waals surface area contributed by atoms with Gasteiger partial charge in [0, 0.05) is 23.7 Å². The third-order valence-corrected chi connectivity index (χ3v) is 6.18. The summed E-state index contributed by atoms with van der Waals surface area (Å²) in [6.07, 6.45) is 17.8. The molecule has 154 valence electrons. The van der Waals surface area contributed by atoms with Crippen LogP contribution in [-0.4, -0.2) is 22.8 Å². The Bertz CT molecular complexity index is 899. The number of aliphatic imine (C=N–C) groups is 1. The molecule has 0 fully saturated rings. The molecule has 0 saturated heterocycles. The average molecular weight is 392 g/mol. The molecule has 0 aromatic carbocycles. The van der Waals surface area contributed by atoms with Crippen molar-refractivity contribution in [3.05, 3.63) is 64.6 Å². The Labute approximate surface area is 174 Å². The van der Waals surface area contributed by atoms with Crippen molar-refractivity contribution in [2.24, 2.45) is 4.99 Å². The molecule has 3 heterocycles. The Morgan fingerprint density at radius 1 is 1.24 bits per heavy atom. The lowest BCUT2D eigenvalue weighted by Crippen LogP contribution is -2.01. The molecule has 29 heavy (non-hydrogen) atoms. The van der Waals surface area contributed by atoms with Crippen LogP contribution in [0.4, 0.5) is 0 Å². The third-order valence-electron chi connectivity index (χ3n) is 6.18. The lowest BCUT2D eigenvalue weighted by atomic mass is 9.89. The molecule has 2 aromatic heterocycles. The van der Waals surface area contributed by atoms with Crippen LogP contribution >= 0.6 is 0 Å². The van der Waals surface area contributed by atoms with E-state index in [1.165, 1.54) is 57.1 Å². The highest BCUT2D eigenvalue weighted by atomic mass is 16.5. The van der Waals surface area contributed by atoms with E-state index in [0.29, 0.717) is 5.92 Å². The van der Waals surface area contributed by atoms with Crippen LogP contribution in [0.1, 0.15) is 86.9 Å². The van der Waals surface area contributed by atoms with Crippen molar-refractivity contribution in [3.8, 4) is 0 Å². The van der Waals surface area contributed by atoms with Crippen LogP contribution in [0.3, 0.4) is 0 Å². The Balaban J connectivity index is 1.64. The number of aromatic nitrogens is 2. The van der Waals surface area contributed by atoms with E-state index in [1.54, 1.807) is 12.7 Å². The van der Waals surface area contributed by atoms with E-state index in [2.05, 4.69) is 29.0 Å². The van der Waals surface area contributed by atoms with Crippen molar-refractivity contribution in [1.29, 1.82) is 0 Å². The van der Waals surface area contributed by atoms with Gasteiger partial charge in [0.15, 0.2) is 0 Å². The van der Waals surface area contributed by atoms with Gasteiger partial charge in [0.1, 0.15) is 11.5 Å². The predicted octanol–water partition coefficient (Wildman–Crippen LogP) is 6.50. The summed E-state index contributed by atoms with van der Waals surface area (Å²) < 4.78 is 5.61. The molecule has 0 bridgehead atoms. The maximum atomic E-state index is 5.61. The quantitative estimate of drug-likeness (QED) is 0.580. The molecule has 0 saturated carbocycles. The maximum absolute atomic E-state index is 5.61. The van der Waals surface area contributed by atoms with Crippen LogP contribution in [0.15, 0.2) is 46.9 Å². The van der Waals surface area contributed by atoms with Crippen molar-refractivity contribution >= 4 is 11.8 Å². The minimum Gasteiger partial charge on any atom is -0.494 e. The van der Waals surface area contributed by atoms with E-state index in [9.17, 15) is 0 Å². The average Bonchev–Trinajstić information content (AvgIpc) is 3.46. The van der Waals surface area contributed by atoms with Crippen LogP contribution in [-0.2, 0) is 11.2 Å². The standard InChI is InChI=1S/C25H33N3O/c1-3-4-10-18-11-7-5-6-8-12-21-20(18)15-19(27-21)16-24-25(29-2)17-23(28-24)22-13-9-14-26-22/h9,13-18,26-27H,3-8,10-12H2,1-2H3/b24-16+/t18-/m0/s1. The molecular formula is C25H33N3O. The normalized spacial score (nSPS) is 21.2. The Morgan fingerprint density at radius 3 is 2.93 bits per heavy atom. The fourth-order valence-corrected chi connectivity index (χ4v) is 4.59. The van der Waals surface area contributed by atoms with Gasteiger partial charge in [0.05, 0.1) is 18.5 Å². The predicted molar refractivity (Wildman–Crippen MR) is 120 cm³/mol. The summed E-state index contributed by atoms with van der Waals surface area (Å²) in [6.45, 7) is 2.29. The molecule has 4 nitrogen and oxygen atoms in total. The second-order valence-corrected chi connectivity index (χ2v) is 8.27. The molecule has 2 aromatic rings. The third kappa shape index (κ3) is 4.58. The number of H-pyrrole nitrogens is 2. The number of fused-ring (bicyclic) bond motifs is 1. The van der Waals surface area contributed by atoms with Gasteiger partial charge in [0.2, 0.25) is 0 Å². The molecule has 0 spiro atoms. The number of hydrogen-bond donors (Lipinski definition) is 2. The lowest BCUT2D eigenvalue weighted by molar-refractivity contribution is 0.303. The van der Waals surface area contributed by atoms with Crippen molar-refractivity contribution in [3.63, 3.8) is 0 Å². The number of allylic oxidation sites excluding steroid dienone is 1. The molecule has 0 radical (unpaired) electrons. The van der Waals surface area contributed by atoms with Gasteiger partial charge < -0.3 is 14.7 Å². The first kappa shape index (κ1) is 19.8. The summed E-state index contributed by atoms with van der Waals surface area (Å²) in [6, 6.07) is 6.40. The SMILES string of the molecule is CCCC[C@H]1CCCCCCc2[nH]c(/C=C3/N=C(c4ccc[nH]4)C=C3OC)cc21. The van der Waals surface area contributed by atoms with Crippen molar-refractivity contribution < 1.29 is 4.74 Å². The van der Waals surface area contributed by atoms with Gasteiger partial charge in [-0.15, -0.1) is 0 Å². The molecule has 4 rings (SSSR count). The van der Waals surface area contributed by atoms with E-state index in [-0.39, 0.29) is 0 Å². The molecule has 2 N–H and O–H groups in total. The van der Waals surface area contributed by atoms with Gasteiger partial charge in [-0.25, -0.2) is 4.99 Å². The number of aromatic amines is 2. The number of methoxy groups -OCH3 is 1. The Morgan fingerprint density at radius 2 is 2.14 bits per heavy atom. The molecular weight excluding hydrogens is 358 g/mol. The van der Waals surface area contributed by atoms with Crippen molar-refractivity contribution in [1.82, 2.24) is 9.97 Å². The number of unbranched alkanes of at least 4 members (excludes halogenated alkanes) is 1. The highest BCUT2D eigenvalue weighted by Gasteiger charge is 2.21.